The Bertz CT molecular complexity index is 795. The van der Waals surface area contributed by atoms with Crippen molar-refractivity contribution in [3.8, 4) is 11.5 Å². The average Bonchev–Trinajstić information content (AvgIpc) is 3.39. The van der Waals surface area contributed by atoms with Crippen LogP contribution in [0.1, 0.15) is 36.6 Å². The molecule has 0 bridgehead atoms. The summed E-state index contributed by atoms with van der Waals surface area (Å²) in [7, 11) is 0. The number of benzene rings is 1. The maximum atomic E-state index is 12.3. The van der Waals surface area contributed by atoms with E-state index in [1.54, 1.807) is 18.4 Å². The van der Waals surface area contributed by atoms with E-state index >= 15 is 0 Å². The molecule has 1 unspecified atom stereocenters. The van der Waals surface area contributed by atoms with E-state index in [4.69, 9.17) is 13.9 Å². The van der Waals surface area contributed by atoms with Crippen LogP contribution in [-0.2, 0) is 4.79 Å². The van der Waals surface area contributed by atoms with Gasteiger partial charge in [-0.15, -0.1) is 0 Å². The number of piperidine rings is 1. The van der Waals surface area contributed by atoms with Crippen LogP contribution in [0.4, 0.5) is 0 Å². The zero-order valence-electron chi connectivity index (χ0n) is 15.2. The molecule has 1 saturated heterocycles. The maximum absolute atomic E-state index is 12.3. The fourth-order valence-corrected chi connectivity index (χ4v) is 3.57. The molecule has 1 N–H and O–H groups in total. The van der Waals surface area contributed by atoms with E-state index in [1.165, 1.54) is 19.3 Å². The number of nitrogens with one attached hydrogen (secondary N) is 1. The van der Waals surface area contributed by atoms with Crippen LogP contribution in [0.2, 0.25) is 0 Å². The highest BCUT2D eigenvalue weighted by Gasteiger charge is 2.24. The number of nitrogens with zero attached hydrogens (tertiary/aromatic N) is 1. The van der Waals surface area contributed by atoms with Crippen molar-refractivity contribution in [2.24, 2.45) is 0 Å². The van der Waals surface area contributed by atoms with Crippen molar-refractivity contribution >= 4 is 12.0 Å². The molecule has 1 atom stereocenters. The van der Waals surface area contributed by atoms with Gasteiger partial charge in [-0.1, -0.05) is 12.5 Å². The Kier molecular flexibility index (Phi) is 5.44. The minimum Gasteiger partial charge on any atom is -0.468 e. The molecule has 0 radical (unpaired) electrons. The molecule has 2 aromatic rings. The van der Waals surface area contributed by atoms with Gasteiger partial charge in [-0.3, -0.25) is 9.69 Å². The van der Waals surface area contributed by atoms with Gasteiger partial charge < -0.3 is 19.2 Å². The Hall–Kier alpha value is -2.73. The molecule has 2 aliphatic heterocycles. The van der Waals surface area contributed by atoms with E-state index in [0.717, 1.165) is 30.2 Å². The molecule has 1 aromatic carbocycles. The molecule has 1 fully saturated rings. The number of rotatable bonds is 6. The van der Waals surface area contributed by atoms with E-state index in [0.29, 0.717) is 12.3 Å². The highest BCUT2D eigenvalue weighted by atomic mass is 16.7. The summed E-state index contributed by atoms with van der Waals surface area (Å²) in [5.74, 6) is 2.22. The normalized spacial score (nSPS) is 17.9. The van der Waals surface area contributed by atoms with Crippen LogP contribution in [-0.4, -0.2) is 37.2 Å². The second-order valence-corrected chi connectivity index (χ2v) is 6.82. The number of fused-ring (bicyclic) bond motifs is 1. The summed E-state index contributed by atoms with van der Waals surface area (Å²) in [5, 5.41) is 3.01. The van der Waals surface area contributed by atoms with E-state index in [9.17, 15) is 4.79 Å². The zero-order chi connectivity index (χ0) is 18.5. The van der Waals surface area contributed by atoms with E-state index in [2.05, 4.69) is 10.2 Å². The van der Waals surface area contributed by atoms with Crippen LogP contribution in [0.5, 0.6) is 11.5 Å². The summed E-state index contributed by atoms with van der Waals surface area (Å²) >= 11 is 0. The lowest BCUT2D eigenvalue weighted by Crippen LogP contribution is -2.40. The summed E-state index contributed by atoms with van der Waals surface area (Å²) in [5.41, 5.74) is 0.896. The number of carbonyl (C=O) groups excluding carboxylic acids is 1. The number of ether oxygens (including phenoxy) is 2. The summed E-state index contributed by atoms with van der Waals surface area (Å²) < 4.78 is 16.3. The van der Waals surface area contributed by atoms with Crippen LogP contribution in [0, 0.1) is 0 Å². The standard InChI is InChI=1S/C21H24N2O4/c24-21(9-7-16-6-8-19-20(13-16)27-15-26-19)22-14-17(18-5-4-12-25-18)23-10-2-1-3-11-23/h4-9,12-13,17H,1-3,10-11,14-15H2,(H,22,24)/b9-7+. The molecular formula is C21H24N2O4. The Morgan fingerprint density at radius 3 is 2.81 bits per heavy atom. The topological polar surface area (TPSA) is 63.9 Å². The van der Waals surface area contributed by atoms with Crippen molar-refractivity contribution in [3.63, 3.8) is 0 Å². The van der Waals surface area contributed by atoms with Gasteiger partial charge in [-0.25, -0.2) is 0 Å². The number of carbonyl (C=O) groups is 1. The number of furan rings is 1. The van der Waals surface area contributed by atoms with Crippen LogP contribution in [0.25, 0.3) is 6.08 Å². The first-order valence-electron chi connectivity index (χ1n) is 9.42. The third-order valence-electron chi connectivity index (χ3n) is 5.00. The predicted molar refractivity (Wildman–Crippen MR) is 101 cm³/mol. The molecule has 27 heavy (non-hydrogen) atoms. The van der Waals surface area contributed by atoms with Gasteiger partial charge in [0.2, 0.25) is 12.7 Å². The molecule has 3 heterocycles. The maximum Gasteiger partial charge on any atom is 0.244 e. The third kappa shape index (κ3) is 4.34. The monoisotopic (exact) mass is 368 g/mol. The zero-order valence-corrected chi connectivity index (χ0v) is 15.2. The molecule has 1 aromatic heterocycles. The first-order valence-corrected chi connectivity index (χ1v) is 9.42. The fourth-order valence-electron chi connectivity index (χ4n) is 3.57. The predicted octanol–water partition coefficient (Wildman–Crippen LogP) is 3.36. The smallest absolute Gasteiger partial charge is 0.244 e. The van der Waals surface area contributed by atoms with Gasteiger partial charge >= 0.3 is 0 Å². The molecule has 6 heteroatoms. The fraction of sp³-hybridized carbons (Fsp3) is 0.381. The largest absolute Gasteiger partial charge is 0.468 e. The summed E-state index contributed by atoms with van der Waals surface area (Å²) in [6.07, 6.45) is 8.66. The highest BCUT2D eigenvalue weighted by Crippen LogP contribution is 2.32. The Morgan fingerprint density at radius 2 is 2.00 bits per heavy atom. The van der Waals surface area contributed by atoms with Crippen molar-refractivity contribution < 1.29 is 18.7 Å². The van der Waals surface area contributed by atoms with Gasteiger partial charge in [-0.05, 0) is 61.8 Å². The molecule has 142 valence electrons. The number of amides is 1. The van der Waals surface area contributed by atoms with Crippen LogP contribution < -0.4 is 14.8 Å². The second-order valence-electron chi connectivity index (χ2n) is 6.82. The van der Waals surface area contributed by atoms with Crippen molar-refractivity contribution in [1.29, 1.82) is 0 Å². The quantitative estimate of drug-likeness (QED) is 0.792. The number of hydrogen-bond acceptors (Lipinski definition) is 5. The molecule has 0 saturated carbocycles. The van der Waals surface area contributed by atoms with Gasteiger partial charge in [0.25, 0.3) is 0 Å². The highest BCUT2D eigenvalue weighted by molar-refractivity contribution is 5.91. The second kappa shape index (κ2) is 8.31. The SMILES string of the molecule is O=C(/C=C/c1ccc2c(c1)OCO2)NCC(c1ccco1)N1CCCCC1. The van der Waals surface area contributed by atoms with Crippen LogP contribution in [0.15, 0.2) is 47.1 Å². The molecule has 0 aliphatic carbocycles. The van der Waals surface area contributed by atoms with E-state index < -0.39 is 0 Å². The van der Waals surface area contributed by atoms with Gasteiger partial charge in [0.15, 0.2) is 11.5 Å². The lowest BCUT2D eigenvalue weighted by molar-refractivity contribution is -0.116. The first-order chi connectivity index (χ1) is 13.3. The van der Waals surface area contributed by atoms with Crippen molar-refractivity contribution in [2.45, 2.75) is 25.3 Å². The molecule has 2 aliphatic rings. The summed E-state index contributed by atoms with van der Waals surface area (Å²) in [6, 6.07) is 9.57. The Balaban J connectivity index is 1.36. The lowest BCUT2D eigenvalue weighted by Gasteiger charge is -2.33. The molecule has 1 amide bonds. The van der Waals surface area contributed by atoms with E-state index in [-0.39, 0.29) is 18.7 Å². The van der Waals surface area contributed by atoms with Crippen molar-refractivity contribution in [3.05, 3.63) is 54.0 Å². The first kappa shape index (κ1) is 17.7. The van der Waals surface area contributed by atoms with Gasteiger partial charge in [-0.2, -0.15) is 0 Å². The van der Waals surface area contributed by atoms with Gasteiger partial charge in [0, 0.05) is 12.6 Å². The molecule has 6 nitrogen and oxygen atoms in total. The lowest BCUT2D eigenvalue weighted by atomic mass is 10.1. The van der Waals surface area contributed by atoms with Crippen molar-refractivity contribution in [1.82, 2.24) is 10.2 Å². The van der Waals surface area contributed by atoms with Crippen LogP contribution >= 0.6 is 0 Å². The average molecular weight is 368 g/mol. The minimum atomic E-state index is -0.124. The molecular weight excluding hydrogens is 344 g/mol. The van der Waals surface area contributed by atoms with Crippen molar-refractivity contribution in [2.75, 3.05) is 26.4 Å². The summed E-state index contributed by atoms with van der Waals surface area (Å²) in [4.78, 5) is 14.7. The molecule has 0 spiro atoms. The molecule has 4 rings (SSSR count). The van der Waals surface area contributed by atoms with Crippen LogP contribution in [0.3, 0.4) is 0 Å². The summed E-state index contributed by atoms with van der Waals surface area (Å²) in [6.45, 7) is 2.84. The number of hydrogen-bond donors (Lipinski definition) is 1. The third-order valence-corrected chi connectivity index (χ3v) is 5.00. The Labute approximate surface area is 158 Å². The Morgan fingerprint density at radius 1 is 1.15 bits per heavy atom. The van der Waals surface area contributed by atoms with E-state index in [1.807, 2.05) is 30.3 Å². The number of likely N-dealkylation sites (tertiary alicyclic amines) is 1. The van der Waals surface area contributed by atoms with Gasteiger partial charge in [0.1, 0.15) is 5.76 Å². The van der Waals surface area contributed by atoms with Gasteiger partial charge in [0.05, 0.1) is 12.3 Å². The minimum absolute atomic E-state index is 0.0724.